The highest BCUT2D eigenvalue weighted by molar-refractivity contribution is 5.08. The fourth-order valence-corrected chi connectivity index (χ4v) is 1.49. The quantitative estimate of drug-likeness (QED) is 0.557. The zero-order chi connectivity index (χ0) is 11.1. The Balaban J connectivity index is 2.32. The molecule has 0 spiro atoms. The van der Waals surface area contributed by atoms with Crippen molar-refractivity contribution < 1.29 is 14.6 Å². The van der Waals surface area contributed by atoms with Crippen LogP contribution in [-0.4, -0.2) is 30.2 Å². The summed E-state index contributed by atoms with van der Waals surface area (Å²) in [4.78, 5) is 0. The highest BCUT2D eigenvalue weighted by atomic mass is 16.7. The van der Waals surface area contributed by atoms with Gasteiger partial charge in [-0.1, -0.05) is 5.92 Å². The molecule has 3 heteroatoms. The Morgan fingerprint density at radius 3 is 2.27 bits per heavy atom. The molecule has 0 atom stereocenters. The van der Waals surface area contributed by atoms with Crippen LogP contribution < -0.4 is 0 Å². The summed E-state index contributed by atoms with van der Waals surface area (Å²) in [5.74, 6) is 5.84. The summed E-state index contributed by atoms with van der Waals surface area (Å²) >= 11 is 0. The van der Waals surface area contributed by atoms with Gasteiger partial charge >= 0.3 is 0 Å². The highest BCUT2D eigenvalue weighted by Crippen LogP contribution is 2.33. The molecule has 0 unspecified atom stereocenters. The minimum atomic E-state index is -0.532. The topological polar surface area (TPSA) is 38.7 Å². The first kappa shape index (κ1) is 12.5. The Kier molecular flexibility index (Phi) is 5.10. The lowest BCUT2D eigenvalue weighted by Crippen LogP contribution is -2.36. The molecule has 0 amide bonds. The Bertz CT molecular complexity index is 229. The third-order valence-electron chi connectivity index (χ3n) is 2.56. The van der Waals surface area contributed by atoms with Gasteiger partial charge in [0.05, 0.1) is 5.60 Å². The Morgan fingerprint density at radius 1 is 1.27 bits per heavy atom. The van der Waals surface area contributed by atoms with E-state index in [-0.39, 0.29) is 0 Å². The van der Waals surface area contributed by atoms with Crippen LogP contribution in [0.2, 0.25) is 0 Å². The normalized spacial score (nSPS) is 18.1. The smallest absolute Gasteiger partial charge is 0.222 e. The lowest BCUT2D eigenvalue weighted by atomic mass is 9.78. The summed E-state index contributed by atoms with van der Waals surface area (Å²) in [6.45, 7) is 4.99. The molecule has 1 fully saturated rings. The molecule has 0 radical (unpaired) electrons. The van der Waals surface area contributed by atoms with Crippen molar-refractivity contribution in [3.63, 3.8) is 0 Å². The lowest BCUT2D eigenvalue weighted by Gasteiger charge is -2.34. The van der Waals surface area contributed by atoms with E-state index in [0.29, 0.717) is 19.6 Å². The monoisotopic (exact) mass is 212 g/mol. The van der Waals surface area contributed by atoms with E-state index >= 15 is 0 Å². The molecule has 0 aliphatic heterocycles. The number of aliphatic hydroxyl groups is 1. The SMILES string of the molecule is CCOC(C#CCC1(O)CCC1)OCC. The fraction of sp³-hybridized carbons (Fsp3) is 0.833. The zero-order valence-corrected chi connectivity index (χ0v) is 9.58. The van der Waals surface area contributed by atoms with Gasteiger partial charge in [0.15, 0.2) is 0 Å². The van der Waals surface area contributed by atoms with E-state index in [2.05, 4.69) is 11.8 Å². The van der Waals surface area contributed by atoms with Gasteiger partial charge in [0.1, 0.15) is 0 Å². The van der Waals surface area contributed by atoms with Crippen LogP contribution in [0.15, 0.2) is 0 Å². The molecule has 3 nitrogen and oxygen atoms in total. The van der Waals surface area contributed by atoms with E-state index in [1.54, 1.807) is 0 Å². The molecule has 86 valence electrons. The van der Waals surface area contributed by atoms with Crippen LogP contribution in [-0.2, 0) is 9.47 Å². The van der Waals surface area contributed by atoms with Crippen LogP contribution >= 0.6 is 0 Å². The summed E-state index contributed by atoms with van der Waals surface area (Å²) in [5.41, 5.74) is -0.532. The minimum Gasteiger partial charge on any atom is -0.389 e. The molecule has 0 bridgehead atoms. The van der Waals surface area contributed by atoms with E-state index in [0.717, 1.165) is 19.3 Å². The van der Waals surface area contributed by atoms with Gasteiger partial charge in [-0.25, -0.2) is 0 Å². The molecule has 1 aliphatic rings. The average molecular weight is 212 g/mol. The van der Waals surface area contributed by atoms with Gasteiger partial charge in [0.25, 0.3) is 0 Å². The van der Waals surface area contributed by atoms with E-state index in [1.807, 2.05) is 13.8 Å². The van der Waals surface area contributed by atoms with Gasteiger partial charge in [-0.3, -0.25) is 0 Å². The first-order valence-corrected chi connectivity index (χ1v) is 5.64. The Hall–Kier alpha value is -0.560. The van der Waals surface area contributed by atoms with Gasteiger partial charge in [-0.15, -0.1) is 0 Å². The second-order valence-electron chi connectivity index (χ2n) is 3.82. The van der Waals surface area contributed by atoms with Crippen molar-refractivity contribution in [3.05, 3.63) is 0 Å². The van der Waals surface area contributed by atoms with Crippen molar-refractivity contribution in [1.29, 1.82) is 0 Å². The molecule has 0 aromatic heterocycles. The second kappa shape index (κ2) is 6.12. The summed E-state index contributed by atoms with van der Waals surface area (Å²) in [7, 11) is 0. The van der Waals surface area contributed by atoms with Crippen molar-refractivity contribution >= 4 is 0 Å². The van der Waals surface area contributed by atoms with Crippen LogP contribution in [0, 0.1) is 11.8 Å². The molecule has 1 rings (SSSR count). The van der Waals surface area contributed by atoms with E-state index in [1.165, 1.54) is 0 Å². The zero-order valence-electron chi connectivity index (χ0n) is 9.58. The van der Waals surface area contributed by atoms with Gasteiger partial charge < -0.3 is 14.6 Å². The summed E-state index contributed by atoms with van der Waals surface area (Å²) in [5, 5.41) is 9.80. The van der Waals surface area contributed by atoms with E-state index in [4.69, 9.17) is 9.47 Å². The predicted molar refractivity (Wildman–Crippen MR) is 58.2 cm³/mol. The molecule has 1 N–H and O–H groups in total. The molecule has 0 aromatic carbocycles. The molecular weight excluding hydrogens is 192 g/mol. The molecule has 15 heavy (non-hydrogen) atoms. The van der Waals surface area contributed by atoms with Crippen LogP contribution in [0.25, 0.3) is 0 Å². The van der Waals surface area contributed by atoms with Crippen LogP contribution in [0.4, 0.5) is 0 Å². The van der Waals surface area contributed by atoms with Gasteiger partial charge in [-0.2, -0.15) is 0 Å². The van der Waals surface area contributed by atoms with Crippen LogP contribution in [0.5, 0.6) is 0 Å². The number of rotatable bonds is 5. The average Bonchev–Trinajstić information content (AvgIpc) is 2.16. The number of ether oxygens (including phenoxy) is 2. The van der Waals surface area contributed by atoms with Crippen LogP contribution in [0.3, 0.4) is 0 Å². The maximum atomic E-state index is 9.80. The summed E-state index contributed by atoms with van der Waals surface area (Å²) < 4.78 is 10.5. The second-order valence-corrected chi connectivity index (χ2v) is 3.82. The molecular formula is C12H20O3. The predicted octanol–water partition coefficient (Wildman–Crippen LogP) is 1.69. The van der Waals surface area contributed by atoms with Gasteiger partial charge in [-0.05, 0) is 39.0 Å². The number of hydrogen-bond acceptors (Lipinski definition) is 3. The van der Waals surface area contributed by atoms with E-state index < -0.39 is 11.9 Å². The van der Waals surface area contributed by atoms with Gasteiger partial charge in [0.2, 0.25) is 6.29 Å². The van der Waals surface area contributed by atoms with Crippen molar-refractivity contribution in [2.45, 2.75) is 51.4 Å². The summed E-state index contributed by atoms with van der Waals surface area (Å²) in [6, 6.07) is 0. The minimum absolute atomic E-state index is 0.441. The van der Waals surface area contributed by atoms with Crippen molar-refractivity contribution in [2.24, 2.45) is 0 Å². The Morgan fingerprint density at radius 2 is 1.87 bits per heavy atom. The van der Waals surface area contributed by atoms with Crippen molar-refractivity contribution in [2.75, 3.05) is 13.2 Å². The molecule has 0 heterocycles. The highest BCUT2D eigenvalue weighted by Gasteiger charge is 2.33. The maximum absolute atomic E-state index is 9.80. The molecule has 1 saturated carbocycles. The molecule has 0 aromatic rings. The largest absolute Gasteiger partial charge is 0.389 e. The third-order valence-corrected chi connectivity index (χ3v) is 2.56. The van der Waals surface area contributed by atoms with E-state index in [9.17, 15) is 5.11 Å². The van der Waals surface area contributed by atoms with Crippen molar-refractivity contribution in [1.82, 2.24) is 0 Å². The standard InChI is InChI=1S/C12H20O3/c1-3-14-11(15-4-2)7-5-8-12(13)9-6-10-12/h11,13H,3-4,6,8-10H2,1-2H3. The first-order chi connectivity index (χ1) is 7.20. The summed E-state index contributed by atoms with van der Waals surface area (Å²) in [6.07, 6.45) is 2.94. The maximum Gasteiger partial charge on any atom is 0.222 e. The van der Waals surface area contributed by atoms with Gasteiger partial charge in [0, 0.05) is 19.6 Å². The lowest BCUT2D eigenvalue weighted by molar-refractivity contribution is -0.0971. The molecule has 1 aliphatic carbocycles. The third kappa shape index (κ3) is 4.21. The van der Waals surface area contributed by atoms with Crippen molar-refractivity contribution in [3.8, 4) is 11.8 Å². The molecule has 0 saturated heterocycles. The van der Waals surface area contributed by atoms with Crippen LogP contribution in [0.1, 0.15) is 39.5 Å². The fourth-order valence-electron chi connectivity index (χ4n) is 1.49. The first-order valence-electron chi connectivity index (χ1n) is 5.64. The Labute approximate surface area is 91.8 Å². The number of hydrogen-bond donors (Lipinski definition) is 1.